The van der Waals surface area contributed by atoms with Crippen molar-refractivity contribution in [3.05, 3.63) is 35.9 Å². The molecule has 0 aliphatic carbocycles. The first-order valence-electron chi connectivity index (χ1n) is 7.86. The number of imidazole rings is 2. The van der Waals surface area contributed by atoms with Crippen molar-refractivity contribution in [1.29, 1.82) is 0 Å². The maximum Gasteiger partial charge on any atom is 0.242 e. The Balaban J connectivity index is 1.65. The Morgan fingerprint density at radius 3 is 2.95 bits per heavy atom. The van der Waals surface area contributed by atoms with Crippen LogP contribution in [0.1, 0.15) is 36.6 Å². The normalized spacial score (nSPS) is 18.1. The summed E-state index contributed by atoms with van der Waals surface area (Å²) in [5.41, 5.74) is 1.04. The van der Waals surface area contributed by atoms with Gasteiger partial charge in [0, 0.05) is 51.1 Å². The highest BCUT2D eigenvalue weighted by atomic mass is 16.2. The highest BCUT2D eigenvalue weighted by molar-refractivity contribution is 5.76. The molecule has 1 atom stereocenters. The smallest absolute Gasteiger partial charge is 0.242 e. The molecule has 0 saturated carbocycles. The number of hydrogen-bond acceptors (Lipinski definition) is 3. The molecule has 0 N–H and O–H groups in total. The summed E-state index contributed by atoms with van der Waals surface area (Å²) in [5, 5.41) is 0. The van der Waals surface area contributed by atoms with Crippen LogP contribution in [0.2, 0.25) is 0 Å². The molecule has 0 aromatic carbocycles. The average molecular weight is 301 g/mol. The van der Waals surface area contributed by atoms with Gasteiger partial charge in [-0.15, -0.1) is 0 Å². The minimum atomic E-state index is 0.168. The van der Waals surface area contributed by atoms with Crippen molar-refractivity contribution in [2.24, 2.45) is 7.05 Å². The number of carbonyl (C=O) groups is 1. The lowest BCUT2D eigenvalue weighted by Crippen LogP contribution is -2.32. The van der Waals surface area contributed by atoms with Crippen LogP contribution in [-0.2, 0) is 24.8 Å². The summed E-state index contributed by atoms with van der Waals surface area (Å²) < 4.78 is 4.03. The molecule has 2 aromatic heterocycles. The number of hydrogen-bond donors (Lipinski definition) is 0. The van der Waals surface area contributed by atoms with E-state index in [1.54, 1.807) is 6.20 Å². The molecule has 1 aliphatic heterocycles. The molecule has 118 valence electrons. The number of carbonyl (C=O) groups excluding carboxylic acids is 1. The van der Waals surface area contributed by atoms with Gasteiger partial charge in [0.15, 0.2) is 0 Å². The minimum absolute atomic E-state index is 0.168. The molecule has 22 heavy (non-hydrogen) atoms. The molecule has 3 heterocycles. The first-order chi connectivity index (χ1) is 10.6. The topological polar surface area (TPSA) is 56.0 Å². The highest BCUT2D eigenvalue weighted by Crippen LogP contribution is 2.26. The molecule has 6 nitrogen and oxygen atoms in total. The number of amides is 1. The van der Waals surface area contributed by atoms with Gasteiger partial charge < -0.3 is 14.0 Å². The molecule has 3 rings (SSSR count). The van der Waals surface area contributed by atoms with Gasteiger partial charge in [-0.1, -0.05) is 6.92 Å². The fraction of sp³-hybridized carbons (Fsp3) is 0.562. The molecule has 1 fully saturated rings. The zero-order chi connectivity index (χ0) is 15.7. The van der Waals surface area contributed by atoms with E-state index in [-0.39, 0.29) is 5.91 Å². The van der Waals surface area contributed by atoms with Crippen molar-refractivity contribution in [3.63, 3.8) is 0 Å². The van der Waals surface area contributed by atoms with Crippen molar-refractivity contribution < 1.29 is 4.79 Å². The predicted molar refractivity (Wildman–Crippen MR) is 83.5 cm³/mol. The fourth-order valence-electron chi connectivity index (χ4n) is 3.26. The van der Waals surface area contributed by atoms with Crippen molar-refractivity contribution >= 4 is 5.91 Å². The van der Waals surface area contributed by atoms with Gasteiger partial charge in [-0.05, 0) is 13.3 Å². The first-order valence-corrected chi connectivity index (χ1v) is 7.86. The fourth-order valence-corrected chi connectivity index (χ4v) is 3.26. The van der Waals surface area contributed by atoms with E-state index in [0.29, 0.717) is 12.5 Å². The molecule has 1 amide bonds. The largest absolute Gasteiger partial charge is 0.340 e. The Kier molecular flexibility index (Phi) is 4.00. The number of aryl methyl sites for hydroxylation is 3. The lowest BCUT2D eigenvalue weighted by Gasteiger charge is -2.17. The summed E-state index contributed by atoms with van der Waals surface area (Å²) >= 11 is 0. The van der Waals surface area contributed by atoms with Gasteiger partial charge in [0.1, 0.15) is 18.2 Å². The molecule has 1 saturated heterocycles. The quantitative estimate of drug-likeness (QED) is 0.860. The van der Waals surface area contributed by atoms with Crippen LogP contribution in [0.3, 0.4) is 0 Å². The Labute approximate surface area is 130 Å². The average Bonchev–Trinajstić information content (AvgIpc) is 3.18. The van der Waals surface area contributed by atoms with Gasteiger partial charge in [0.05, 0.1) is 5.69 Å². The van der Waals surface area contributed by atoms with E-state index >= 15 is 0 Å². The molecular weight excluding hydrogens is 278 g/mol. The minimum Gasteiger partial charge on any atom is -0.340 e. The number of likely N-dealkylation sites (tertiary alicyclic amines) is 1. The van der Waals surface area contributed by atoms with Crippen molar-refractivity contribution in [2.45, 2.75) is 39.2 Å². The van der Waals surface area contributed by atoms with Crippen LogP contribution in [0.25, 0.3) is 0 Å². The molecule has 1 aliphatic rings. The Morgan fingerprint density at radius 1 is 1.45 bits per heavy atom. The molecule has 0 bridgehead atoms. The van der Waals surface area contributed by atoms with E-state index in [9.17, 15) is 4.79 Å². The van der Waals surface area contributed by atoms with Crippen LogP contribution in [0.15, 0.2) is 18.6 Å². The first kappa shape index (κ1) is 14.8. The molecule has 6 heteroatoms. The second kappa shape index (κ2) is 5.94. The van der Waals surface area contributed by atoms with Crippen LogP contribution in [0.5, 0.6) is 0 Å². The molecule has 0 unspecified atom stereocenters. The van der Waals surface area contributed by atoms with E-state index in [1.807, 2.05) is 35.8 Å². The van der Waals surface area contributed by atoms with Gasteiger partial charge in [0.2, 0.25) is 5.91 Å². The third kappa shape index (κ3) is 2.77. The van der Waals surface area contributed by atoms with Crippen LogP contribution in [0.4, 0.5) is 0 Å². The second-order valence-corrected chi connectivity index (χ2v) is 6.00. The SMILES string of the molecule is CCc1nccn1CC(=O)N1CC[C@H](c2nc(C)cn2C)C1. The van der Waals surface area contributed by atoms with E-state index in [0.717, 1.165) is 43.3 Å². The van der Waals surface area contributed by atoms with Gasteiger partial charge in [0.25, 0.3) is 0 Å². The lowest BCUT2D eigenvalue weighted by atomic mass is 10.1. The van der Waals surface area contributed by atoms with E-state index < -0.39 is 0 Å². The number of rotatable bonds is 4. The summed E-state index contributed by atoms with van der Waals surface area (Å²) in [5.74, 6) is 2.56. The lowest BCUT2D eigenvalue weighted by molar-refractivity contribution is -0.130. The summed E-state index contributed by atoms with van der Waals surface area (Å²) in [4.78, 5) is 23.3. The third-order valence-electron chi connectivity index (χ3n) is 4.36. The highest BCUT2D eigenvalue weighted by Gasteiger charge is 2.30. The maximum atomic E-state index is 12.5. The molecule has 0 spiro atoms. The summed E-state index contributed by atoms with van der Waals surface area (Å²) in [6, 6.07) is 0. The molecular formula is C16H23N5O. The standard InChI is InChI=1S/C16H23N5O/c1-4-14-17-6-8-20(14)11-15(22)21-7-5-13(10-21)16-18-12(2)9-19(16)3/h6,8-9,13H,4-5,7,10-11H2,1-3H3/t13-/m0/s1. The van der Waals surface area contributed by atoms with Crippen LogP contribution < -0.4 is 0 Å². The maximum absolute atomic E-state index is 12.5. The zero-order valence-corrected chi connectivity index (χ0v) is 13.5. The Morgan fingerprint density at radius 2 is 2.27 bits per heavy atom. The van der Waals surface area contributed by atoms with Crippen molar-refractivity contribution in [3.8, 4) is 0 Å². The summed E-state index contributed by atoms with van der Waals surface area (Å²) in [6.45, 7) is 6.02. The van der Waals surface area contributed by atoms with Gasteiger partial charge >= 0.3 is 0 Å². The monoisotopic (exact) mass is 301 g/mol. The summed E-state index contributed by atoms with van der Waals surface area (Å²) in [6.07, 6.45) is 7.51. The predicted octanol–water partition coefficient (Wildman–Crippen LogP) is 1.50. The van der Waals surface area contributed by atoms with Gasteiger partial charge in [-0.25, -0.2) is 9.97 Å². The van der Waals surface area contributed by atoms with E-state index in [2.05, 4.69) is 21.5 Å². The number of nitrogens with zero attached hydrogens (tertiary/aromatic N) is 5. The Bertz CT molecular complexity index is 672. The van der Waals surface area contributed by atoms with Crippen LogP contribution in [-0.4, -0.2) is 43.0 Å². The van der Waals surface area contributed by atoms with Crippen molar-refractivity contribution in [2.75, 3.05) is 13.1 Å². The van der Waals surface area contributed by atoms with Crippen LogP contribution >= 0.6 is 0 Å². The van der Waals surface area contributed by atoms with Crippen molar-refractivity contribution in [1.82, 2.24) is 24.0 Å². The van der Waals surface area contributed by atoms with E-state index in [1.165, 1.54) is 0 Å². The summed E-state index contributed by atoms with van der Waals surface area (Å²) in [7, 11) is 2.03. The molecule has 0 radical (unpaired) electrons. The van der Waals surface area contributed by atoms with E-state index in [4.69, 9.17) is 0 Å². The molecule has 2 aromatic rings. The number of aromatic nitrogens is 4. The zero-order valence-electron chi connectivity index (χ0n) is 13.5. The van der Waals surface area contributed by atoms with Gasteiger partial charge in [-0.3, -0.25) is 4.79 Å². The third-order valence-corrected chi connectivity index (χ3v) is 4.36. The van der Waals surface area contributed by atoms with Gasteiger partial charge in [-0.2, -0.15) is 0 Å². The Hall–Kier alpha value is -2.11. The van der Waals surface area contributed by atoms with Crippen LogP contribution in [0, 0.1) is 6.92 Å². The second-order valence-electron chi connectivity index (χ2n) is 6.00.